The van der Waals surface area contributed by atoms with Crippen LogP contribution in [0.2, 0.25) is 0 Å². The molecule has 2 heterocycles. The highest BCUT2D eigenvalue weighted by atomic mass is 32.2. The lowest BCUT2D eigenvalue weighted by Gasteiger charge is -2.39. The fourth-order valence-electron chi connectivity index (χ4n) is 6.21. The summed E-state index contributed by atoms with van der Waals surface area (Å²) >= 11 is 1.39. The Morgan fingerprint density at radius 1 is 1.21 bits per heavy atom. The Hall–Kier alpha value is -2.89. The van der Waals surface area contributed by atoms with Gasteiger partial charge < -0.3 is 24.8 Å². The van der Waals surface area contributed by atoms with Crippen LogP contribution in [0, 0.1) is 12.3 Å². The maximum atomic E-state index is 14.3. The lowest BCUT2D eigenvalue weighted by molar-refractivity contribution is -0.131. The number of nitrogens with zero attached hydrogens (tertiary/aromatic N) is 3. The highest BCUT2D eigenvalue weighted by Crippen LogP contribution is 2.56. The number of rotatable bonds is 7. The van der Waals surface area contributed by atoms with Gasteiger partial charge in [-0.05, 0) is 92.3 Å². The number of nitrogens with one attached hydrogen (secondary N) is 1. The number of likely N-dealkylation sites (tertiary alicyclic amines) is 1. The van der Waals surface area contributed by atoms with Gasteiger partial charge in [-0.1, -0.05) is 0 Å². The molecule has 43 heavy (non-hydrogen) atoms. The SMILES string of the molecule is Cc1cc2c(cc1C(=O)N(C(C)C)C1C[C@]13CCCN(C(=O)OC(C)(C)C)C3)N(CCNC(=O)C(F)F)C(=O)C(C)(C)S2. The Bertz CT molecular complexity index is 1300. The number of anilines is 1. The van der Waals surface area contributed by atoms with Crippen LogP contribution in [0.4, 0.5) is 19.3 Å². The number of hydrogen-bond donors (Lipinski definition) is 1. The van der Waals surface area contributed by atoms with E-state index in [2.05, 4.69) is 5.32 Å². The average molecular weight is 623 g/mol. The van der Waals surface area contributed by atoms with Gasteiger partial charge in [-0.2, -0.15) is 8.78 Å². The van der Waals surface area contributed by atoms with Crippen LogP contribution in [-0.2, 0) is 14.3 Å². The van der Waals surface area contributed by atoms with Gasteiger partial charge in [0.25, 0.3) is 11.8 Å². The summed E-state index contributed by atoms with van der Waals surface area (Å²) in [5.41, 5.74) is 0.974. The van der Waals surface area contributed by atoms with Crippen molar-refractivity contribution in [3.63, 3.8) is 0 Å². The predicted octanol–water partition coefficient (Wildman–Crippen LogP) is 5.23. The summed E-state index contributed by atoms with van der Waals surface area (Å²) in [6.45, 7) is 15.9. The lowest BCUT2D eigenvalue weighted by Crippen LogP contribution is -2.50. The van der Waals surface area contributed by atoms with E-state index in [1.807, 2.05) is 52.5 Å². The van der Waals surface area contributed by atoms with E-state index in [-0.39, 0.29) is 48.5 Å². The molecule has 1 aromatic rings. The van der Waals surface area contributed by atoms with E-state index in [0.29, 0.717) is 24.3 Å². The van der Waals surface area contributed by atoms with Gasteiger partial charge in [0.05, 0.1) is 10.4 Å². The van der Waals surface area contributed by atoms with E-state index in [4.69, 9.17) is 4.74 Å². The molecule has 0 radical (unpaired) electrons. The van der Waals surface area contributed by atoms with Crippen molar-refractivity contribution < 1.29 is 32.7 Å². The quantitative estimate of drug-likeness (QED) is 0.447. The maximum absolute atomic E-state index is 14.3. The first kappa shape index (κ1) is 33.0. The first-order valence-electron chi connectivity index (χ1n) is 14.9. The third-order valence-corrected chi connectivity index (χ3v) is 9.55. The minimum atomic E-state index is -3.14. The van der Waals surface area contributed by atoms with Crippen molar-refractivity contribution in [3.8, 4) is 0 Å². The summed E-state index contributed by atoms with van der Waals surface area (Å²) < 4.78 is 30.3. The Kier molecular flexibility index (Phi) is 9.13. The molecule has 1 unspecified atom stereocenters. The number of ether oxygens (including phenoxy) is 1. The Labute approximate surface area is 257 Å². The fourth-order valence-corrected chi connectivity index (χ4v) is 7.47. The molecule has 12 heteroatoms. The number of aryl methyl sites for hydroxylation is 1. The maximum Gasteiger partial charge on any atom is 0.410 e. The van der Waals surface area contributed by atoms with Crippen molar-refractivity contribution >= 4 is 41.3 Å². The Morgan fingerprint density at radius 3 is 2.49 bits per heavy atom. The monoisotopic (exact) mass is 622 g/mol. The molecular formula is C31H44F2N4O5S. The van der Waals surface area contributed by atoms with Gasteiger partial charge in [-0.15, -0.1) is 11.8 Å². The minimum Gasteiger partial charge on any atom is -0.444 e. The zero-order chi connectivity index (χ0) is 32.1. The fraction of sp³-hybridized carbons (Fsp3) is 0.677. The number of halogens is 2. The van der Waals surface area contributed by atoms with Crippen molar-refractivity contribution in [3.05, 3.63) is 23.3 Å². The molecule has 3 aliphatic rings. The summed E-state index contributed by atoms with van der Waals surface area (Å²) in [5, 5.41) is 2.17. The molecule has 1 aliphatic carbocycles. The molecule has 1 saturated heterocycles. The second-order valence-electron chi connectivity index (χ2n) is 13.7. The van der Waals surface area contributed by atoms with Crippen LogP contribution >= 0.6 is 11.8 Å². The number of carbonyl (C=O) groups excluding carboxylic acids is 4. The number of alkyl halides is 2. The van der Waals surface area contributed by atoms with Crippen molar-refractivity contribution in [1.29, 1.82) is 0 Å². The lowest BCUT2D eigenvalue weighted by atomic mass is 9.93. The molecule has 2 fully saturated rings. The summed E-state index contributed by atoms with van der Waals surface area (Å²) in [5.74, 6) is -1.78. The second kappa shape index (κ2) is 11.9. The van der Waals surface area contributed by atoms with Crippen molar-refractivity contribution in [2.45, 2.75) is 108 Å². The number of fused-ring (bicyclic) bond motifs is 1. The third-order valence-electron chi connectivity index (χ3n) is 8.32. The smallest absolute Gasteiger partial charge is 0.410 e. The van der Waals surface area contributed by atoms with Gasteiger partial charge in [-0.3, -0.25) is 14.4 Å². The van der Waals surface area contributed by atoms with Crippen LogP contribution < -0.4 is 10.2 Å². The number of amides is 4. The summed E-state index contributed by atoms with van der Waals surface area (Å²) in [6.07, 6.45) is -0.940. The largest absolute Gasteiger partial charge is 0.444 e. The Balaban J connectivity index is 1.59. The number of hydrogen-bond acceptors (Lipinski definition) is 6. The first-order chi connectivity index (χ1) is 19.9. The molecule has 1 N–H and O–H groups in total. The van der Waals surface area contributed by atoms with Crippen molar-refractivity contribution in [2.75, 3.05) is 31.1 Å². The van der Waals surface area contributed by atoms with E-state index in [1.165, 1.54) is 16.7 Å². The highest BCUT2D eigenvalue weighted by Gasteiger charge is 2.60. The van der Waals surface area contributed by atoms with Crippen LogP contribution in [0.1, 0.15) is 83.7 Å². The zero-order valence-electron chi connectivity index (χ0n) is 26.4. The normalized spacial score (nSPS) is 23.0. The minimum absolute atomic E-state index is 0.00882. The molecule has 9 nitrogen and oxygen atoms in total. The first-order valence-corrected chi connectivity index (χ1v) is 15.7. The van der Waals surface area contributed by atoms with Crippen LogP contribution in [0.15, 0.2) is 17.0 Å². The molecule has 4 rings (SSSR count). The average Bonchev–Trinajstić information content (AvgIpc) is 3.55. The summed E-state index contributed by atoms with van der Waals surface area (Å²) in [4.78, 5) is 57.9. The predicted molar refractivity (Wildman–Crippen MR) is 162 cm³/mol. The van der Waals surface area contributed by atoms with E-state index in [9.17, 15) is 28.0 Å². The second-order valence-corrected chi connectivity index (χ2v) is 15.4. The number of benzene rings is 1. The molecule has 2 atom stereocenters. The summed E-state index contributed by atoms with van der Waals surface area (Å²) in [7, 11) is 0. The topological polar surface area (TPSA) is 99.3 Å². The van der Waals surface area contributed by atoms with E-state index < -0.39 is 22.7 Å². The zero-order valence-corrected chi connectivity index (χ0v) is 27.2. The number of thioether (sulfide) groups is 1. The van der Waals surface area contributed by atoms with Gasteiger partial charge in [0.2, 0.25) is 5.91 Å². The summed E-state index contributed by atoms with van der Waals surface area (Å²) in [6, 6.07) is 3.47. The van der Waals surface area contributed by atoms with Crippen LogP contribution in [-0.4, -0.2) is 88.7 Å². The third kappa shape index (κ3) is 6.94. The van der Waals surface area contributed by atoms with Crippen molar-refractivity contribution in [1.82, 2.24) is 15.1 Å². The van der Waals surface area contributed by atoms with Gasteiger partial charge in [0, 0.05) is 54.1 Å². The molecule has 0 bridgehead atoms. The molecule has 0 aromatic heterocycles. The van der Waals surface area contributed by atoms with E-state index in [0.717, 1.165) is 29.7 Å². The van der Waals surface area contributed by atoms with Crippen molar-refractivity contribution in [2.24, 2.45) is 5.41 Å². The van der Waals surface area contributed by atoms with Gasteiger partial charge in [0.15, 0.2) is 0 Å². The molecule has 4 amide bonds. The van der Waals surface area contributed by atoms with Gasteiger partial charge in [-0.25, -0.2) is 4.79 Å². The molecule has 1 aromatic carbocycles. The molecule has 2 aliphatic heterocycles. The van der Waals surface area contributed by atoms with Crippen LogP contribution in [0.5, 0.6) is 0 Å². The van der Waals surface area contributed by atoms with Crippen LogP contribution in [0.3, 0.4) is 0 Å². The number of carbonyl (C=O) groups is 4. The standard InChI is InChI=1S/C31H44F2N4O5S/c1-18(2)37(23-16-31(23)10-9-12-35(17-31)28(41)42-29(4,5)6)26(39)20-15-21-22(14-19(20)3)43-30(7,8)27(40)36(21)13-11-34-25(38)24(32)33/h14-15,18,23-24H,9-13,16-17H2,1-8H3,(H,34,38)/t23?,31-/m0/s1. The molecular weight excluding hydrogens is 578 g/mol. The van der Waals surface area contributed by atoms with Gasteiger partial charge >= 0.3 is 12.5 Å². The van der Waals surface area contributed by atoms with E-state index in [1.54, 1.807) is 24.8 Å². The van der Waals surface area contributed by atoms with E-state index >= 15 is 0 Å². The number of piperidine rings is 1. The van der Waals surface area contributed by atoms with Gasteiger partial charge in [0.1, 0.15) is 5.60 Å². The highest BCUT2D eigenvalue weighted by molar-refractivity contribution is 8.01. The van der Waals surface area contributed by atoms with Crippen LogP contribution in [0.25, 0.3) is 0 Å². The Morgan fingerprint density at radius 2 is 1.88 bits per heavy atom. The molecule has 1 spiro atoms. The molecule has 238 valence electrons. The molecule has 1 saturated carbocycles.